The van der Waals surface area contributed by atoms with Gasteiger partial charge in [-0.1, -0.05) is 38.4 Å². The number of piperazine rings is 1. The SMILES string of the molecule is C=C[C@@H]1C[C@]1(NC(=O)[C@@H]1CC(OC2=CC(c3csc(NC(C)C)n3)Nc3c2ccc(OCCN2CCN(CC(F)(F)F)CC2)c3Cl)CN1C(=O)[C@@H](NC(=O)OC1C[C@@H]2C[C@@H]2C1)C(C)(C)C)C(=O)O. The fourth-order valence-corrected chi connectivity index (χ4v) is 11.1. The highest BCUT2D eigenvalue weighted by atomic mass is 35.5. The predicted octanol–water partition coefficient (Wildman–Crippen LogP) is 6.75. The second-order valence-corrected chi connectivity index (χ2v) is 21.6. The van der Waals surface area contributed by atoms with Crippen molar-refractivity contribution in [3.8, 4) is 5.75 Å². The average Bonchev–Trinajstić information content (AvgIpc) is 3.93. The van der Waals surface area contributed by atoms with E-state index in [9.17, 15) is 37.5 Å². The van der Waals surface area contributed by atoms with Crippen LogP contribution in [0.2, 0.25) is 5.02 Å². The predicted molar refractivity (Wildman–Crippen MR) is 250 cm³/mol. The number of ether oxygens (including phenoxy) is 3. The second kappa shape index (κ2) is 19.5. The first-order chi connectivity index (χ1) is 32.1. The van der Waals surface area contributed by atoms with Crippen molar-refractivity contribution in [2.75, 3.05) is 63.1 Å². The maximum atomic E-state index is 14.8. The third kappa shape index (κ3) is 11.3. The molecule has 3 aliphatic carbocycles. The van der Waals surface area contributed by atoms with Gasteiger partial charge in [0.1, 0.15) is 53.0 Å². The van der Waals surface area contributed by atoms with E-state index in [1.54, 1.807) is 32.9 Å². The number of carboxylic acids is 1. The number of thiazole rings is 1. The smallest absolute Gasteiger partial charge is 0.408 e. The Bertz CT molecular complexity index is 2270. The summed E-state index contributed by atoms with van der Waals surface area (Å²) >= 11 is 8.56. The van der Waals surface area contributed by atoms with E-state index in [1.165, 1.54) is 27.2 Å². The Morgan fingerprint density at radius 3 is 2.40 bits per heavy atom. The molecule has 5 N–H and O–H groups in total. The lowest BCUT2D eigenvalue weighted by molar-refractivity contribution is -0.149. The number of alkyl halides is 3. The minimum absolute atomic E-state index is 0.0124. The highest BCUT2D eigenvalue weighted by molar-refractivity contribution is 7.13. The monoisotopic (exact) mass is 990 g/mol. The molecule has 0 bridgehead atoms. The summed E-state index contributed by atoms with van der Waals surface area (Å²) < 4.78 is 57.6. The lowest BCUT2D eigenvalue weighted by Crippen LogP contribution is -2.59. The van der Waals surface area contributed by atoms with Crippen LogP contribution in [0.25, 0.3) is 5.76 Å². The molecule has 3 saturated carbocycles. The molecular weight excluding hydrogens is 929 g/mol. The molecule has 5 fully saturated rings. The Kier molecular flexibility index (Phi) is 14.3. The molecule has 1 aromatic heterocycles. The van der Waals surface area contributed by atoms with E-state index in [0.717, 1.165) is 19.3 Å². The number of nitrogens with zero attached hydrogens (tertiary/aromatic N) is 4. The van der Waals surface area contributed by atoms with Crippen LogP contribution < -0.4 is 26.0 Å². The first-order valence-corrected chi connectivity index (χ1v) is 24.7. The number of hydrogen-bond donors (Lipinski definition) is 5. The van der Waals surface area contributed by atoms with E-state index in [0.29, 0.717) is 78.1 Å². The van der Waals surface area contributed by atoms with Gasteiger partial charge < -0.3 is 45.5 Å². The highest BCUT2D eigenvalue weighted by Gasteiger charge is 2.61. The molecular formula is C47H62ClF3N8O8S. The molecule has 3 unspecified atom stereocenters. The Morgan fingerprint density at radius 2 is 1.76 bits per heavy atom. The number of carbonyl (C=O) groups excluding carboxylic acids is 3. The normalized spacial score (nSPS) is 28.4. The number of amides is 3. The number of aromatic nitrogens is 1. The van der Waals surface area contributed by atoms with E-state index < -0.39 is 77.7 Å². The Hall–Kier alpha value is -4.79. The summed E-state index contributed by atoms with van der Waals surface area (Å²) in [6.45, 7) is 14.4. The number of benzene rings is 1. The van der Waals surface area contributed by atoms with Crippen LogP contribution in [0.4, 0.5) is 28.8 Å². The van der Waals surface area contributed by atoms with Gasteiger partial charge in [-0.3, -0.25) is 19.4 Å². The topological polar surface area (TPSA) is 187 Å². The molecule has 9 atom stereocenters. The molecule has 4 heterocycles. The Morgan fingerprint density at radius 1 is 1.06 bits per heavy atom. The summed E-state index contributed by atoms with van der Waals surface area (Å²) in [7, 11) is 0. The first-order valence-electron chi connectivity index (χ1n) is 23.4. The van der Waals surface area contributed by atoms with Gasteiger partial charge in [-0.05, 0) is 75.0 Å². The van der Waals surface area contributed by atoms with E-state index in [4.69, 9.17) is 30.8 Å². The highest BCUT2D eigenvalue weighted by Crippen LogP contribution is 2.53. The van der Waals surface area contributed by atoms with Crippen molar-refractivity contribution >= 4 is 63.4 Å². The third-order valence-corrected chi connectivity index (χ3v) is 15.0. The zero-order chi connectivity index (χ0) is 48.9. The number of carboxylic acid groups (broad SMARTS) is 1. The van der Waals surface area contributed by atoms with Crippen LogP contribution in [0.15, 0.2) is 36.2 Å². The van der Waals surface area contributed by atoms with E-state index >= 15 is 0 Å². The zero-order valence-electron chi connectivity index (χ0n) is 39.0. The maximum Gasteiger partial charge on any atom is 0.408 e. The van der Waals surface area contributed by atoms with Crippen molar-refractivity contribution in [2.45, 2.75) is 115 Å². The summed E-state index contributed by atoms with van der Waals surface area (Å²) in [6, 6.07) is 0.779. The number of nitrogens with one attached hydrogen (secondary N) is 4. The van der Waals surface area contributed by atoms with Gasteiger partial charge in [0, 0.05) is 62.0 Å². The molecule has 1 aromatic carbocycles. The van der Waals surface area contributed by atoms with Crippen LogP contribution in [0.5, 0.6) is 5.75 Å². The fraction of sp³-hybridized carbons (Fsp3) is 0.638. The molecule has 6 aliphatic rings. The van der Waals surface area contributed by atoms with Crippen molar-refractivity contribution in [1.82, 2.24) is 30.3 Å². The molecule has 0 spiro atoms. The van der Waals surface area contributed by atoms with Gasteiger partial charge in [0.15, 0.2) is 5.13 Å². The molecule has 372 valence electrons. The number of alkyl carbamates (subject to hydrolysis) is 1. The van der Waals surface area contributed by atoms with Crippen molar-refractivity contribution in [3.63, 3.8) is 0 Å². The van der Waals surface area contributed by atoms with Gasteiger partial charge in [0.25, 0.3) is 0 Å². The summed E-state index contributed by atoms with van der Waals surface area (Å²) in [6.07, 6.45) is 0.234. The number of carbonyl (C=O) groups is 4. The van der Waals surface area contributed by atoms with Crippen molar-refractivity contribution in [3.05, 3.63) is 52.5 Å². The van der Waals surface area contributed by atoms with Crippen molar-refractivity contribution < 1.29 is 51.7 Å². The molecule has 16 nitrogen and oxygen atoms in total. The standard InChI is InChI=1S/C47H62ClF3N8O8S/c1-7-28-21-46(28,42(62)63)56-40(60)34-19-30(22-59(34)41(61)39(45(4,5)6)55-44(64)67-29-17-26-16-27(26)18-29)66-36-20-32(33-23-68-43(54-33)52-25(2)3)53-38-31(36)8-9-35(37(38)48)65-15-14-57-10-12-58(13-11-57)24-47(49,50)51/h7-9,20,23,25-30,32,34,39,53H,1,10-19,21-22,24H2,2-6H3,(H,52,54)(H,55,64)(H,56,60)(H,62,63)/t26-,27+,28-,29?,30?,32?,34+,39-,46-/m1/s1. The average molecular weight is 992 g/mol. The number of anilines is 2. The van der Waals surface area contributed by atoms with E-state index in [1.807, 2.05) is 30.2 Å². The van der Waals surface area contributed by atoms with Crippen LogP contribution in [-0.4, -0.2) is 143 Å². The molecule has 3 amide bonds. The summed E-state index contributed by atoms with van der Waals surface area (Å²) in [4.78, 5) is 64.7. The summed E-state index contributed by atoms with van der Waals surface area (Å²) in [5.41, 5.74) is -0.676. The summed E-state index contributed by atoms with van der Waals surface area (Å²) in [5, 5.41) is 25.4. The van der Waals surface area contributed by atoms with Crippen LogP contribution in [0, 0.1) is 23.2 Å². The zero-order valence-corrected chi connectivity index (χ0v) is 40.6. The number of likely N-dealkylation sites (tertiary alicyclic amines) is 1. The van der Waals surface area contributed by atoms with Gasteiger partial charge in [-0.2, -0.15) is 13.2 Å². The molecule has 68 heavy (non-hydrogen) atoms. The molecule has 2 aromatic rings. The molecule has 21 heteroatoms. The Labute approximate surface area is 403 Å². The summed E-state index contributed by atoms with van der Waals surface area (Å²) in [5.74, 6) is -1.02. The van der Waals surface area contributed by atoms with Gasteiger partial charge in [0.2, 0.25) is 11.8 Å². The molecule has 8 rings (SSSR count). The van der Waals surface area contributed by atoms with Gasteiger partial charge in [-0.15, -0.1) is 17.9 Å². The van der Waals surface area contributed by atoms with Crippen molar-refractivity contribution in [1.29, 1.82) is 0 Å². The van der Waals surface area contributed by atoms with Crippen molar-refractivity contribution in [2.24, 2.45) is 23.2 Å². The molecule has 0 radical (unpaired) electrons. The number of rotatable bonds is 17. The fourth-order valence-electron chi connectivity index (χ4n) is 9.91. The van der Waals surface area contributed by atoms with E-state index in [-0.39, 0.29) is 43.2 Å². The minimum Gasteiger partial charge on any atom is -0.491 e. The van der Waals surface area contributed by atoms with Gasteiger partial charge in [-0.25, -0.2) is 14.6 Å². The Balaban J connectivity index is 1.03. The number of aliphatic carboxylic acids is 1. The minimum atomic E-state index is -4.25. The second-order valence-electron chi connectivity index (χ2n) is 20.4. The van der Waals surface area contributed by atoms with Crippen LogP contribution in [-0.2, 0) is 23.9 Å². The molecule has 2 saturated heterocycles. The van der Waals surface area contributed by atoms with Crippen LogP contribution in [0.1, 0.15) is 84.0 Å². The molecule has 3 aliphatic heterocycles. The lowest BCUT2D eigenvalue weighted by Gasteiger charge is -2.35. The van der Waals surface area contributed by atoms with Crippen LogP contribution >= 0.6 is 22.9 Å². The number of hydrogen-bond acceptors (Lipinski definition) is 13. The lowest BCUT2D eigenvalue weighted by atomic mass is 9.85. The maximum absolute atomic E-state index is 14.8. The largest absolute Gasteiger partial charge is 0.491 e. The third-order valence-electron chi connectivity index (χ3n) is 13.8. The number of fused-ring (bicyclic) bond motifs is 2. The number of halogens is 4. The van der Waals surface area contributed by atoms with Gasteiger partial charge in [0.05, 0.1) is 30.5 Å². The van der Waals surface area contributed by atoms with Crippen LogP contribution in [0.3, 0.4) is 0 Å². The quantitative estimate of drug-likeness (QED) is 0.105. The van der Waals surface area contributed by atoms with Gasteiger partial charge >= 0.3 is 18.2 Å². The van der Waals surface area contributed by atoms with E-state index in [2.05, 4.69) is 27.8 Å². The first kappa shape index (κ1) is 49.6.